The van der Waals surface area contributed by atoms with Crippen molar-refractivity contribution in [1.82, 2.24) is 20.3 Å². The highest BCUT2D eigenvalue weighted by Crippen LogP contribution is 2.19. The summed E-state index contributed by atoms with van der Waals surface area (Å²) < 4.78 is 10.8. The Morgan fingerprint density at radius 1 is 1.35 bits per heavy atom. The van der Waals surface area contributed by atoms with Crippen molar-refractivity contribution in [3.63, 3.8) is 0 Å². The van der Waals surface area contributed by atoms with Gasteiger partial charge in [0.25, 0.3) is 0 Å². The molecular weight excluding hydrogens is 256 g/mol. The molecule has 2 aliphatic rings. The van der Waals surface area contributed by atoms with Crippen molar-refractivity contribution in [2.24, 2.45) is 0 Å². The maximum atomic E-state index is 5.42. The molecule has 0 saturated carbocycles. The first-order valence-electron chi connectivity index (χ1n) is 7.48. The predicted molar refractivity (Wildman–Crippen MR) is 75.3 cm³/mol. The first-order valence-corrected chi connectivity index (χ1v) is 7.48. The van der Waals surface area contributed by atoms with Gasteiger partial charge in [0.2, 0.25) is 0 Å². The van der Waals surface area contributed by atoms with E-state index in [4.69, 9.17) is 9.26 Å². The van der Waals surface area contributed by atoms with Crippen LogP contribution in [0.4, 0.5) is 0 Å². The topological polar surface area (TPSA) is 53.8 Å². The van der Waals surface area contributed by atoms with E-state index in [1.807, 2.05) is 7.05 Å². The second-order valence-corrected chi connectivity index (χ2v) is 5.64. The maximum Gasteiger partial charge on any atom is 0.151 e. The average molecular weight is 280 g/mol. The fraction of sp³-hybridized carbons (Fsp3) is 0.786. The van der Waals surface area contributed by atoms with E-state index in [-0.39, 0.29) is 0 Å². The van der Waals surface area contributed by atoms with Crippen molar-refractivity contribution in [2.45, 2.75) is 25.6 Å². The van der Waals surface area contributed by atoms with Crippen LogP contribution in [0.15, 0.2) is 10.6 Å². The number of morpholine rings is 1. The average Bonchev–Trinajstić information content (AvgIpc) is 3.11. The van der Waals surface area contributed by atoms with Crippen LogP contribution in [0.2, 0.25) is 0 Å². The van der Waals surface area contributed by atoms with Gasteiger partial charge >= 0.3 is 0 Å². The van der Waals surface area contributed by atoms with Crippen LogP contribution in [0.5, 0.6) is 0 Å². The van der Waals surface area contributed by atoms with Gasteiger partial charge in [0.15, 0.2) is 5.76 Å². The molecule has 112 valence electrons. The Bertz CT molecular complexity index is 417. The molecule has 2 fully saturated rings. The molecule has 2 aliphatic heterocycles. The second kappa shape index (κ2) is 6.67. The van der Waals surface area contributed by atoms with Gasteiger partial charge in [-0.25, -0.2) is 0 Å². The number of aromatic nitrogens is 1. The van der Waals surface area contributed by atoms with Crippen LogP contribution in [-0.2, 0) is 17.8 Å². The van der Waals surface area contributed by atoms with Gasteiger partial charge in [-0.1, -0.05) is 5.16 Å². The zero-order valence-electron chi connectivity index (χ0n) is 12.2. The molecule has 1 aromatic rings. The van der Waals surface area contributed by atoms with E-state index in [9.17, 15) is 0 Å². The molecule has 1 aromatic heterocycles. The summed E-state index contributed by atoms with van der Waals surface area (Å²) in [6, 6.07) is 2.73. The Kier molecular flexibility index (Phi) is 4.67. The number of nitrogens with one attached hydrogen (secondary N) is 1. The van der Waals surface area contributed by atoms with Gasteiger partial charge in [-0.2, -0.15) is 0 Å². The Morgan fingerprint density at radius 2 is 2.20 bits per heavy atom. The monoisotopic (exact) mass is 280 g/mol. The first kappa shape index (κ1) is 14.0. The highest BCUT2D eigenvalue weighted by Gasteiger charge is 2.29. The third-order valence-electron chi connectivity index (χ3n) is 4.15. The normalized spacial score (nSPS) is 25.4. The standard InChI is InChI=1S/C14H24N4O2/c1-15-9-12-8-14(20-16-12)11-17-3-2-13(10-17)18-4-6-19-7-5-18/h8,13,15H,2-7,9-11H2,1H3. The van der Waals surface area contributed by atoms with E-state index in [2.05, 4.69) is 26.3 Å². The number of rotatable bonds is 5. The van der Waals surface area contributed by atoms with Crippen LogP contribution in [0.3, 0.4) is 0 Å². The highest BCUT2D eigenvalue weighted by molar-refractivity contribution is 5.05. The summed E-state index contributed by atoms with van der Waals surface area (Å²) in [5.74, 6) is 0.970. The summed E-state index contributed by atoms with van der Waals surface area (Å²) in [7, 11) is 1.92. The molecule has 1 unspecified atom stereocenters. The zero-order valence-corrected chi connectivity index (χ0v) is 12.2. The molecule has 0 spiro atoms. The van der Waals surface area contributed by atoms with Crippen LogP contribution in [-0.4, -0.2) is 67.4 Å². The predicted octanol–water partition coefficient (Wildman–Crippen LogP) is 0.301. The molecule has 2 saturated heterocycles. The molecule has 3 rings (SSSR count). The summed E-state index contributed by atoms with van der Waals surface area (Å²) in [6.45, 7) is 7.82. The number of hydrogen-bond acceptors (Lipinski definition) is 6. The Hall–Kier alpha value is -0.950. The summed E-state index contributed by atoms with van der Waals surface area (Å²) in [4.78, 5) is 5.03. The molecule has 0 aliphatic carbocycles. The van der Waals surface area contributed by atoms with Crippen molar-refractivity contribution in [2.75, 3.05) is 46.4 Å². The van der Waals surface area contributed by atoms with Crippen molar-refractivity contribution < 1.29 is 9.26 Å². The van der Waals surface area contributed by atoms with Gasteiger partial charge in [-0.3, -0.25) is 9.80 Å². The maximum absolute atomic E-state index is 5.42. The minimum Gasteiger partial charge on any atom is -0.379 e. The molecule has 0 bridgehead atoms. The lowest BCUT2D eigenvalue weighted by molar-refractivity contribution is 0.0182. The van der Waals surface area contributed by atoms with Gasteiger partial charge in [0.05, 0.1) is 25.5 Å². The number of ether oxygens (including phenoxy) is 1. The lowest BCUT2D eigenvalue weighted by Gasteiger charge is -2.32. The van der Waals surface area contributed by atoms with Gasteiger partial charge in [0.1, 0.15) is 0 Å². The van der Waals surface area contributed by atoms with E-state index >= 15 is 0 Å². The van der Waals surface area contributed by atoms with Gasteiger partial charge in [0, 0.05) is 44.8 Å². The van der Waals surface area contributed by atoms with Crippen LogP contribution >= 0.6 is 0 Å². The fourth-order valence-electron chi connectivity index (χ4n) is 3.11. The van der Waals surface area contributed by atoms with E-state index in [1.54, 1.807) is 0 Å². The van der Waals surface area contributed by atoms with Crippen LogP contribution < -0.4 is 5.32 Å². The molecule has 1 N–H and O–H groups in total. The molecule has 0 aromatic carbocycles. The van der Waals surface area contributed by atoms with E-state index in [0.717, 1.165) is 63.9 Å². The molecule has 20 heavy (non-hydrogen) atoms. The smallest absolute Gasteiger partial charge is 0.151 e. The number of hydrogen-bond donors (Lipinski definition) is 1. The van der Waals surface area contributed by atoms with Gasteiger partial charge in [-0.15, -0.1) is 0 Å². The Morgan fingerprint density at radius 3 is 3.00 bits per heavy atom. The lowest BCUT2D eigenvalue weighted by Crippen LogP contribution is -2.44. The SMILES string of the molecule is CNCc1cc(CN2CCC(N3CCOCC3)C2)on1. The lowest BCUT2D eigenvalue weighted by atomic mass is 10.2. The number of likely N-dealkylation sites (tertiary alicyclic amines) is 1. The third kappa shape index (κ3) is 3.38. The number of nitrogens with zero attached hydrogens (tertiary/aromatic N) is 3. The summed E-state index contributed by atoms with van der Waals surface area (Å²) in [5, 5.41) is 7.15. The third-order valence-corrected chi connectivity index (χ3v) is 4.15. The minimum atomic E-state index is 0.679. The second-order valence-electron chi connectivity index (χ2n) is 5.64. The Labute approximate surface area is 120 Å². The van der Waals surface area contributed by atoms with Gasteiger partial charge in [-0.05, 0) is 13.5 Å². The first-order chi connectivity index (χ1) is 9.85. The van der Waals surface area contributed by atoms with Crippen LogP contribution in [0.25, 0.3) is 0 Å². The van der Waals surface area contributed by atoms with Crippen molar-refractivity contribution in [1.29, 1.82) is 0 Å². The highest BCUT2D eigenvalue weighted by atomic mass is 16.5. The molecule has 1 atom stereocenters. The quantitative estimate of drug-likeness (QED) is 0.837. The molecule has 0 radical (unpaired) electrons. The summed E-state index contributed by atoms with van der Waals surface area (Å²) in [6.07, 6.45) is 1.25. The largest absolute Gasteiger partial charge is 0.379 e. The van der Waals surface area contributed by atoms with E-state index in [1.165, 1.54) is 6.42 Å². The molecule has 6 heteroatoms. The summed E-state index contributed by atoms with van der Waals surface area (Å²) >= 11 is 0. The molecule has 3 heterocycles. The summed E-state index contributed by atoms with van der Waals surface area (Å²) in [5.41, 5.74) is 0.978. The zero-order chi connectivity index (χ0) is 13.8. The van der Waals surface area contributed by atoms with E-state index < -0.39 is 0 Å². The van der Waals surface area contributed by atoms with Crippen molar-refractivity contribution in [3.8, 4) is 0 Å². The van der Waals surface area contributed by atoms with Gasteiger partial charge < -0.3 is 14.6 Å². The Balaban J connectivity index is 1.49. The fourth-order valence-corrected chi connectivity index (χ4v) is 3.11. The molecule has 0 amide bonds. The molecule has 6 nitrogen and oxygen atoms in total. The minimum absolute atomic E-state index is 0.679. The van der Waals surface area contributed by atoms with E-state index in [0.29, 0.717) is 6.04 Å². The van der Waals surface area contributed by atoms with Crippen molar-refractivity contribution in [3.05, 3.63) is 17.5 Å². The van der Waals surface area contributed by atoms with Crippen molar-refractivity contribution >= 4 is 0 Å². The van der Waals surface area contributed by atoms with Crippen LogP contribution in [0, 0.1) is 0 Å². The van der Waals surface area contributed by atoms with Crippen LogP contribution in [0.1, 0.15) is 17.9 Å². The molecular formula is C14H24N4O2.